The number of rotatable bonds is 4. The highest BCUT2D eigenvalue weighted by molar-refractivity contribution is 6.04. The molecular formula is C18H14F2N6O. The van der Waals surface area contributed by atoms with Crippen LogP contribution >= 0.6 is 0 Å². The Morgan fingerprint density at radius 2 is 1.93 bits per heavy atom. The number of aldehydes is 1. The van der Waals surface area contributed by atoms with E-state index in [2.05, 4.69) is 20.7 Å². The maximum absolute atomic E-state index is 14.5. The number of fused-ring (bicyclic) bond motifs is 1. The van der Waals surface area contributed by atoms with Crippen molar-refractivity contribution in [2.75, 3.05) is 0 Å². The van der Waals surface area contributed by atoms with Crippen molar-refractivity contribution in [2.45, 2.75) is 6.17 Å². The lowest BCUT2D eigenvalue weighted by Crippen LogP contribution is -2.46. The lowest BCUT2D eigenvalue weighted by Gasteiger charge is -2.16. The topological polar surface area (TPSA) is 99.4 Å². The molecule has 2 aromatic carbocycles. The van der Waals surface area contributed by atoms with Gasteiger partial charge in [-0.1, -0.05) is 18.2 Å². The van der Waals surface area contributed by atoms with Crippen molar-refractivity contribution in [3.8, 4) is 0 Å². The van der Waals surface area contributed by atoms with Crippen LogP contribution in [0.5, 0.6) is 0 Å². The maximum atomic E-state index is 14.5. The molecule has 3 aromatic rings. The third-order valence-corrected chi connectivity index (χ3v) is 4.19. The number of hydrazine groups is 1. The maximum Gasteiger partial charge on any atom is 0.186 e. The number of aromatic amines is 1. The van der Waals surface area contributed by atoms with Crippen LogP contribution < -0.4 is 11.3 Å². The van der Waals surface area contributed by atoms with Gasteiger partial charge in [-0.05, 0) is 35.9 Å². The number of hydrogen-bond acceptors (Lipinski definition) is 6. The molecule has 0 amide bonds. The van der Waals surface area contributed by atoms with E-state index in [0.717, 1.165) is 10.6 Å². The summed E-state index contributed by atoms with van der Waals surface area (Å²) in [5.41, 5.74) is 4.48. The van der Waals surface area contributed by atoms with Crippen molar-refractivity contribution in [3.63, 3.8) is 0 Å². The van der Waals surface area contributed by atoms with E-state index in [-0.39, 0.29) is 17.2 Å². The van der Waals surface area contributed by atoms with Gasteiger partial charge in [0.05, 0.1) is 5.69 Å². The quantitative estimate of drug-likeness (QED) is 0.483. The van der Waals surface area contributed by atoms with Crippen molar-refractivity contribution in [3.05, 3.63) is 64.9 Å². The second-order valence-corrected chi connectivity index (χ2v) is 5.93. The number of nitrogens with one attached hydrogen (secondary N) is 2. The molecule has 0 radical (unpaired) electrons. The molecule has 0 spiro atoms. The summed E-state index contributed by atoms with van der Waals surface area (Å²) in [7, 11) is 0. The number of benzene rings is 2. The zero-order chi connectivity index (χ0) is 19.0. The zero-order valence-corrected chi connectivity index (χ0v) is 13.9. The van der Waals surface area contributed by atoms with Gasteiger partial charge in [0.15, 0.2) is 24.1 Å². The lowest BCUT2D eigenvalue weighted by atomic mass is 10.1. The fourth-order valence-electron chi connectivity index (χ4n) is 2.79. The van der Waals surface area contributed by atoms with E-state index in [9.17, 15) is 13.6 Å². The summed E-state index contributed by atoms with van der Waals surface area (Å²) in [5.74, 6) is 5.20. The molecule has 1 aliphatic heterocycles. The van der Waals surface area contributed by atoms with Gasteiger partial charge < -0.3 is 0 Å². The molecule has 1 aromatic heterocycles. The first-order valence-corrected chi connectivity index (χ1v) is 8.01. The average molecular weight is 368 g/mol. The van der Waals surface area contributed by atoms with Crippen LogP contribution in [0.4, 0.5) is 8.78 Å². The van der Waals surface area contributed by atoms with Crippen molar-refractivity contribution < 1.29 is 13.6 Å². The van der Waals surface area contributed by atoms with Gasteiger partial charge in [0.1, 0.15) is 11.3 Å². The molecule has 4 rings (SSSR count). The standard InChI is InChI=1S/C18H14F2N6O/c19-12-4-1-10(2-5-12)3-6-15-13-7-11(8-14(20)17(13)24-22-15)18-25-23-16(9-27)26(18)21/h1-9,16,23H,21H2,(H,22,24)/b6-3+. The molecule has 0 aliphatic carbocycles. The van der Waals surface area contributed by atoms with Gasteiger partial charge in [0, 0.05) is 10.9 Å². The highest BCUT2D eigenvalue weighted by Gasteiger charge is 2.26. The molecule has 1 unspecified atom stereocenters. The number of aromatic nitrogens is 2. The van der Waals surface area contributed by atoms with Crippen molar-refractivity contribution >= 4 is 35.2 Å². The molecule has 7 nitrogen and oxygen atoms in total. The number of halogens is 2. The van der Waals surface area contributed by atoms with Gasteiger partial charge in [-0.3, -0.25) is 20.3 Å². The molecule has 27 heavy (non-hydrogen) atoms. The Morgan fingerprint density at radius 3 is 2.63 bits per heavy atom. The smallest absolute Gasteiger partial charge is 0.186 e. The van der Waals surface area contributed by atoms with Crippen LogP contribution in [0.3, 0.4) is 0 Å². The number of nitrogens with two attached hydrogens (primary N) is 1. The summed E-state index contributed by atoms with van der Waals surface area (Å²) in [4.78, 5) is 10.9. The normalized spacial score (nSPS) is 16.8. The van der Waals surface area contributed by atoms with Gasteiger partial charge in [0.2, 0.25) is 0 Å². The molecule has 0 bridgehead atoms. The minimum Gasteiger partial charge on any atom is -0.299 e. The first-order valence-electron chi connectivity index (χ1n) is 8.01. The van der Waals surface area contributed by atoms with E-state index in [0.29, 0.717) is 22.9 Å². The second-order valence-electron chi connectivity index (χ2n) is 5.93. The van der Waals surface area contributed by atoms with Gasteiger partial charge in [-0.2, -0.15) is 10.2 Å². The molecule has 0 fully saturated rings. The molecular weight excluding hydrogens is 354 g/mol. The minimum atomic E-state index is -0.805. The molecule has 9 heteroatoms. The van der Waals surface area contributed by atoms with E-state index in [1.165, 1.54) is 18.2 Å². The number of amidine groups is 1. The van der Waals surface area contributed by atoms with Gasteiger partial charge >= 0.3 is 0 Å². The highest BCUT2D eigenvalue weighted by atomic mass is 19.1. The number of nitrogens with zero attached hydrogens (tertiary/aromatic N) is 3. The van der Waals surface area contributed by atoms with Crippen LogP contribution in [-0.4, -0.2) is 33.5 Å². The third kappa shape index (κ3) is 3.04. The number of hydrazone groups is 1. The van der Waals surface area contributed by atoms with Crippen LogP contribution in [0, 0.1) is 11.6 Å². The largest absolute Gasteiger partial charge is 0.299 e. The minimum absolute atomic E-state index is 0.166. The molecule has 0 saturated heterocycles. The SMILES string of the molecule is NN1C(c2cc(F)c3n[nH]c(/C=C/c4ccc(F)cc4)c3c2)=NNC1C=O. The molecule has 0 saturated carbocycles. The molecule has 136 valence electrons. The Labute approximate surface area is 152 Å². The number of carbonyl (C=O) groups is 1. The van der Waals surface area contributed by atoms with Crippen LogP contribution in [0.25, 0.3) is 23.1 Å². The predicted molar refractivity (Wildman–Crippen MR) is 96.9 cm³/mol. The summed E-state index contributed by atoms with van der Waals surface area (Å²) < 4.78 is 27.5. The first kappa shape index (κ1) is 16.9. The summed E-state index contributed by atoms with van der Waals surface area (Å²) in [6.07, 6.45) is 3.26. The first-order chi connectivity index (χ1) is 13.1. The van der Waals surface area contributed by atoms with Crippen LogP contribution in [0.1, 0.15) is 16.8 Å². The molecule has 1 aliphatic rings. The van der Waals surface area contributed by atoms with Crippen LogP contribution in [0.15, 0.2) is 41.5 Å². The Hall–Kier alpha value is -3.59. The van der Waals surface area contributed by atoms with Crippen molar-refractivity contribution in [2.24, 2.45) is 10.9 Å². The number of hydrogen-bond donors (Lipinski definition) is 3. The van der Waals surface area contributed by atoms with E-state index in [1.54, 1.807) is 30.4 Å². The molecule has 4 N–H and O–H groups in total. The second kappa shape index (κ2) is 6.61. The zero-order valence-electron chi connectivity index (χ0n) is 13.9. The average Bonchev–Trinajstić information content (AvgIpc) is 3.24. The van der Waals surface area contributed by atoms with Crippen molar-refractivity contribution in [1.29, 1.82) is 0 Å². The van der Waals surface area contributed by atoms with Crippen LogP contribution in [-0.2, 0) is 4.79 Å². The summed E-state index contributed by atoms with van der Waals surface area (Å²) in [5, 5.41) is 12.4. The fourth-order valence-corrected chi connectivity index (χ4v) is 2.79. The number of carbonyl (C=O) groups excluding carboxylic acids is 1. The van der Waals surface area contributed by atoms with E-state index in [1.807, 2.05) is 0 Å². The Morgan fingerprint density at radius 1 is 1.15 bits per heavy atom. The van der Waals surface area contributed by atoms with E-state index >= 15 is 0 Å². The van der Waals surface area contributed by atoms with E-state index in [4.69, 9.17) is 5.84 Å². The Kier molecular flexibility index (Phi) is 4.13. The number of H-pyrrole nitrogens is 1. The van der Waals surface area contributed by atoms with Gasteiger partial charge in [0.25, 0.3) is 0 Å². The summed E-state index contributed by atoms with van der Waals surface area (Å²) in [6.45, 7) is 0. The Bertz CT molecular complexity index is 1070. The van der Waals surface area contributed by atoms with E-state index < -0.39 is 12.0 Å². The Balaban J connectivity index is 1.72. The predicted octanol–water partition coefficient (Wildman–Crippen LogP) is 1.98. The monoisotopic (exact) mass is 368 g/mol. The highest BCUT2D eigenvalue weighted by Crippen LogP contribution is 2.24. The van der Waals surface area contributed by atoms with Gasteiger partial charge in [-0.25, -0.2) is 14.6 Å². The van der Waals surface area contributed by atoms with Crippen LogP contribution in [0.2, 0.25) is 0 Å². The summed E-state index contributed by atoms with van der Waals surface area (Å²) in [6, 6.07) is 8.90. The van der Waals surface area contributed by atoms with Gasteiger partial charge in [-0.15, -0.1) is 0 Å². The molecule has 1 atom stereocenters. The molecule has 2 heterocycles. The summed E-state index contributed by atoms with van der Waals surface area (Å²) >= 11 is 0. The third-order valence-electron chi connectivity index (χ3n) is 4.19. The lowest BCUT2D eigenvalue weighted by molar-refractivity contribution is -0.111. The van der Waals surface area contributed by atoms with Crippen molar-refractivity contribution in [1.82, 2.24) is 20.6 Å². The fraction of sp³-hybridized carbons (Fsp3) is 0.0556.